The molecule has 2 rings (SSSR count). The lowest BCUT2D eigenvalue weighted by Crippen LogP contribution is -2.30. The number of phenolic OH excluding ortho intramolecular Hbond substituents is 1. The molecule has 0 aromatic heterocycles. The van der Waals surface area contributed by atoms with Crippen LogP contribution in [0.4, 0.5) is 0 Å². The van der Waals surface area contributed by atoms with Gasteiger partial charge in [-0.2, -0.15) is 0 Å². The molecule has 1 aliphatic heterocycles. The summed E-state index contributed by atoms with van der Waals surface area (Å²) in [7, 11) is 0. The Kier molecular flexibility index (Phi) is 3.72. The molecule has 2 nitrogen and oxygen atoms in total. The second kappa shape index (κ2) is 5.07. The van der Waals surface area contributed by atoms with Gasteiger partial charge in [0.15, 0.2) is 0 Å². The summed E-state index contributed by atoms with van der Waals surface area (Å²) in [5.74, 6) is 1.03. The van der Waals surface area contributed by atoms with Crippen molar-refractivity contribution < 1.29 is 5.11 Å². The van der Waals surface area contributed by atoms with Gasteiger partial charge in [-0.1, -0.05) is 11.6 Å². The van der Waals surface area contributed by atoms with Crippen LogP contribution in [0.3, 0.4) is 0 Å². The van der Waals surface area contributed by atoms with Crippen molar-refractivity contribution in [3.05, 3.63) is 28.3 Å². The smallest absolute Gasteiger partial charge is 0.121 e. The highest BCUT2D eigenvalue weighted by atomic mass is 35.5. The molecule has 1 unspecified atom stereocenters. The molecule has 0 bridgehead atoms. The first-order chi connectivity index (χ1) is 7.66. The fourth-order valence-electron chi connectivity index (χ4n) is 2.37. The lowest BCUT2D eigenvalue weighted by Gasteiger charge is -2.23. The average Bonchev–Trinajstić information content (AvgIpc) is 2.27. The predicted octanol–water partition coefficient (Wildman–Crippen LogP) is 2.90. The maximum absolute atomic E-state index is 9.97. The third kappa shape index (κ3) is 2.69. The third-order valence-corrected chi connectivity index (χ3v) is 3.47. The Morgan fingerprint density at radius 3 is 3.00 bits per heavy atom. The average molecular weight is 240 g/mol. The summed E-state index contributed by atoms with van der Waals surface area (Å²) < 4.78 is 0. The Labute approximate surface area is 102 Å². The molecule has 16 heavy (non-hydrogen) atoms. The molecule has 0 radical (unpaired) electrons. The number of aromatic hydroxyl groups is 1. The Hall–Kier alpha value is -0.730. The lowest BCUT2D eigenvalue weighted by atomic mass is 9.91. The molecule has 0 aliphatic carbocycles. The zero-order valence-corrected chi connectivity index (χ0v) is 10.3. The molecule has 1 fully saturated rings. The van der Waals surface area contributed by atoms with Gasteiger partial charge in [0.1, 0.15) is 5.75 Å². The molecule has 0 spiro atoms. The van der Waals surface area contributed by atoms with Gasteiger partial charge in [0.05, 0.1) is 0 Å². The third-order valence-electron chi connectivity index (χ3n) is 3.25. The van der Waals surface area contributed by atoms with Crippen LogP contribution in [0.15, 0.2) is 12.1 Å². The van der Waals surface area contributed by atoms with Gasteiger partial charge in [-0.25, -0.2) is 0 Å². The highest BCUT2D eigenvalue weighted by molar-refractivity contribution is 6.30. The monoisotopic (exact) mass is 239 g/mol. The van der Waals surface area contributed by atoms with E-state index in [0.717, 1.165) is 30.6 Å². The molecule has 2 N–H and O–H groups in total. The van der Waals surface area contributed by atoms with Gasteiger partial charge in [0.25, 0.3) is 0 Å². The summed E-state index contributed by atoms with van der Waals surface area (Å²) in [6.45, 7) is 4.06. The molecular formula is C13H18ClNO. The van der Waals surface area contributed by atoms with Crippen LogP contribution >= 0.6 is 11.6 Å². The number of halogens is 1. The van der Waals surface area contributed by atoms with E-state index in [1.807, 2.05) is 13.0 Å². The van der Waals surface area contributed by atoms with Gasteiger partial charge in [-0.3, -0.25) is 0 Å². The van der Waals surface area contributed by atoms with E-state index >= 15 is 0 Å². The highest BCUT2D eigenvalue weighted by Crippen LogP contribution is 2.29. The van der Waals surface area contributed by atoms with E-state index in [4.69, 9.17) is 11.6 Å². The number of hydrogen-bond donors (Lipinski definition) is 2. The van der Waals surface area contributed by atoms with Crippen LogP contribution in [0.1, 0.15) is 24.0 Å². The molecule has 1 saturated heterocycles. The number of hydrogen-bond acceptors (Lipinski definition) is 2. The number of benzene rings is 1. The first-order valence-corrected chi connectivity index (χ1v) is 6.23. The molecular weight excluding hydrogens is 222 g/mol. The molecule has 88 valence electrons. The van der Waals surface area contributed by atoms with Gasteiger partial charge in [0, 0.05) is 5.02 Å². The molecule has 1 aromatic rings. The van der Waals surface area contributed by atoms with E-state index in [-0.39, 0.29) is 0 Å². The van der Waals surface area contributed by atoms with E-state index in [1.165, 1.54) is 12.8 Å². The zero-order chi connectivity index (χ0) is 11.5. The van der Waals surface area contributed by atoms with Crippen molar-refractivity contribution in [1.29, 1.82) is 0 Å². The van der Waals surface area contributed by atoms with E-state index < -0.39 is 0 Å². The van der Waals surface area contributed by atoms with Crippen LogP contribution in [0.25, 0.3) is 0 Å². The molecule has 1 heterocycles. The van der Waals surface area contributed by atoms with Gasteiger partial charge < -0.3 is 10.4 Å². The summed E-state index contributed by atoms with van der Waals surface area (Å²) in [5.41, 5.74) is 1.85. The normalized spacial score (nSPS) is 21.0. The van der Waals surface area contributed by atoms with Crippen molar-refractivity contribution >= 4 is 11.6 Å². The van der Waals surface area contributed by atoms with Crippen LogP contribution < -0.4 is 5.32 Å². The van der Waals surface area contributed by atoms with Gasteiger partial charge >= 0.3 is 0 Å². The molecule has 3 heteroatoms. The SMILES string of the molecule is Cc1cc(Cl)cc(CC2CCCNC2)c1O. The number of aryl methyl sites for hydroxylation is 1. The van der Waals surface area contributed by atoms with Crippen molar-refractivity contribution in [3.8, 4) is 5.75 Å². The van der Waals surface area contributed by atoms with Crippen molar-refractivity contribution in [2.45, 2.75) is 26.2 Å². The summed E-state index contributed by atoms with van der Waals surface area (Å²) in [5, 5.41) is 14.1. The van der Waals surface area contributed by atoms with Crippen molar-refractivity contribution in [3.63, 3.8) is 0 Å². The Bertz CT molecular complexity index is 372. The quantitative estimate of drug-likeness (QED) is 0.832. The fraction of sp³-hybridized carbons (Fsp3) is 0.538. The zero-order valence-electron chi connectivity index (χ0n) is 9.59. The number of nitrogens with one attached hydrogen (secondary N) is 1. The number of piperidine rings is 1. The van der Waals surface area contributed by atoms with Crippen LogP contribution in [0, 0.1) is 12.8 Å². The highest BCUT2D eigenvalue weighted by Gasteiger charge is 2.16. The second-order valence-electron chi connectivity index (χ2n) is 4.65. The Morgan fingerprint density at radius 1 is 1.50 bits per heavy atom. The standard InChI is InChI=1S/C13H18ClNO/c1-9-5-12(14)7-11(13(9)16)6-10-3-2-4-15-8-10/h5,7,10,15-16H,2-4,6,8H2,1H3. The fourth-order valence-corrected chi connectivity index (χ4v) is 2.67. The Morgan fingerprint density at radius 2 is 2.31 bits per heavy atom. The maximum atomic E-state index is 9.97. The van der Waals surface area contributed by atoms with Crippen LogP contribution in [0.5, 0.6) is 5.75 Å². The van der Waals surface area contributed by atoms with Crippen LogP contribution in [-0.4, -0.2) is 18.2 Å². The predicted molar refractivity (Wildman–Crippen MR) is 67.2 cm³/mol. The van der Waals surface area contributed by atoms with Crippen molar-refractivity contribution in [1.82, 2.24) is 5.32 Å². The van der Waals surface area contributed by atoms with Gasteiger partial charge in [-0.05, 0) is 68.5 Å². The van der Waals surface area contributed by atoms with E-state index in [2.05, 4.69) is 5.32 Å². The number of rotatable bonds is 2. The number of phenols is 1. The first kappa shape index (κ1) is 11.7. The first-order valence-electron chi connectivity index (χ1n) is 5.85. The van der Waals surface area contributed by atoms with Gasteiger partial charge in [-0.15, -0.1) is 0 Å². The topological polar surface area (TPSA) is 32.3 Å². The van der Waals surface area contributed by atoms with E-state index in [0.29, 0.717) is 16.7 Å². The summed E-state index contributed by atoms with van der Waals surface area (Å²) in [6, 6.07) is 3.69. The molecule has 1 atom stereocenters. The summed E-state index contributed by atoms with van der Waals surface area (Å²) in [4.78, 5) is 0. The van der Waals surface area contributed by atoms with Crippen LogP contribution in [0.2, 0.25) is 5.02 Å². The largest absolute Gasteiger partial charge is 0.507 e. The van der Waals surface area contributed by atoms with Crippen molar-refractivity contribution in [2.24, 2.45) is 5.92 Å². The minimum absolute atomic E-state index is 0.412. The van der Waals surface area contributed by atoms with Gasteiger partial charge in [0.2, 0.25) is 0 Å². The second-order valence-corrected chi connectivity index (χ2v) is 5.08. The summed E-state index contributed by atoms with van der Waals surface area (Å²) >= 11 is 6.01. The minimum atomic E-state index is 0.412. The maximum Gasteiger partial charge on any atom is 0.121 e. The molecule has 1 aromatic carbocycles. The van der Waals surface area contributed by atoms with Crippen molar-refractivity contribution in [2.75, 3.05) is 13.1 Å². The van der Waals surface area contributed by atoms with E-state index in [9.17, 15) is 5.11 Å². The summed E-state index contributed by atoms with van der Waals surface area (Å²) in [6.07, 6.45) is 3.38. The molecule has 0 saturated carbocycles. The minimum Gasteiger partial charge on any atom is -0.507 e. The Balaban J connectivity index is 2.13. The molecule has 1 aliphatic rings. The lowest BCUT2D eigenvalue weighted by molar-refractivity contribution is 0.369. The molecule has 0 amide bonds. The van der Waals surface area contributed by atoms with E-state index in [1.54, 1.807) is 6.07 Å². The van der Waals surface area contributed by atoms with Crippen LogP contribution in [-0.2, 0) is 6.42 Å².